The lowest BCUT2D eigenvalue weighted by Crippen LogP contribution is -2.37. The molecule has 0 aromatic heterocycles. The molecule has 3 amide bonds. The zero-order chi connectivity index (χ0) is 27.5. The normalized spacial score (nSPS) is 13.5. The molecule has 9 heteroatoms. The van der Waals surface area contributed by atoms with Crippen LogP contribution < -0.4 is 25.5 Å². The van der Waals surface area contributed by atoms with Gasteiger partial charge in [0.2, 0.25) is 0 Å². The molecule has 0 radical (unpaired) electrons. The second kappa shape index (κ2) is 13.8. The highest BCUT2D eigenvalue weighted by Crippen LogP contribution is 2.28. The average molecular weight is 529 g/mol. The Morgan fingerprint density at radius 3 is 2.41 bits per heavy atom. The molecule has 0 aliphatic heterocycles. The summed E-state index contributed by atoms with van der Waals surface area (Å²) in [5, 5.41) is 9.41. The first-order chi connectivity index (χ1) is 19.0. The van der Waals surface area contributed by atoms with Gasteiger partial charge in [0.05, 0.1) is 24.6 Å². The lowest BCUT2D eigenvalue weighted by molar-refractivity contribution is -0.136. The van der Waals surface area contributed by atoms with Gasteiger partial charge in [0.25, 0.3) is 5.91 Å². The van der Waals surface area contributed by atoms with E-state index in [0.717, 1.165) is 31.2 Å². The Morgan fingerprint density at radius 1 is 0.897 bits per heavy atom. The topological polar surface area (TPSA) is 118 Å². The number of para-hydroxylation sites is 1. The summed E-state index contributed by atoms with van der Waals surface area (Å²) in [5.41, 5.74) is 4.42. The predicted octanol–water partition coefficient (Wildman–Crippen LogP) is 4.43. The minimum Gasteiger partial charge on any atom is -0.493 e. The molecule has 3 aromatic rings. The van der Waals surface area contributed by atoms with E-state index in [4.69, 9.17) is 9.47 Å². The minimum absolute atomic E-state index is 0.121. The van der Waals surface area contributed by atoms with Crippen molar-refractivity contribution in [2.45, 2.75) is 44.8 Å². The fraction of sp³-hybridized carbons (Fsp3) is 0.267. The Kier molecular flexibility index (Phi) is 9.66. The van der Waals surface area contributed by atoms with E-state index in [2.05, 4.69) is 21.2 Å². The van der Waals surface area contributed by atoms with E-state index >= 15 is 0 Å². The molecule has 0 saturated heterocycles. The molecule has 1 aliphatic carbocycles. The molecule has 0 heterocycles. The molecule has 4 rings (SSSR count). The molecule has 0 unspecified atom stereocenters. The molecule has 0 atom stereocenters. The third kappa shape index (κ3) is 7.91. The lowest BCUT2D eigenvalue weighted by Gasteiger charge is -2.23. The van der Waals surface area contributed by atoms with Crippen molar-refractivity contribution in [3.05, 3.63) is 89.5 Å². The molecular formula is C30H32N4O5. The highest BCUT2D eigenvalue weighted by atomic mass is 16.5. The summed E-state index contributed by atoms with van der Waals surface area (Å²) in [6.45, 7) is 0.390. The van der Waals surface area contributed by atoms with E-state index in [0.29, 0.717) is 29.2 Å². The number of hydrogen-bond acceptors (Lipinski definition) is 6. The van der Waals surface area contributed by atoms with Crippen molar-refractivity contribution < 1.29 is 23.9 Å². The number of anilines is 1. The monoisotopic (exact) mass is 528 g/mol. The molecule has 0 spiro atoms. The zero-order valence-corrected chi connectivity index (χ0v) is 21.8. The number of rotatable bonds is 9. The van der Waals surface area contributed by atoms with Crippen LogP contribution in [0.25, 0.3) is 0 Å². The van der Waals surface area contributed by atoms with Crippen LogP contribution in [0.2, 0.25) is 0 Å². The lowest BCUT2D eigenvalue weighted by atomic mass is 9.95. The Bertz CT molecular complexity index is 1320. The molecule has 1 aliphatic rings. The van der Waals surface area contributed by atoms with Gasteiger partial charge in [0.15, 0.2) is 11.5 Å². The number of nitrogens with zero attached hydrogens (tertiary/aromatic N) is 1. The fourth-order valence-electron chi connectivity index (χ4n) is 4.31. The van der Waals surface area contributed by atoms with E-state index < -0.39 is 11.8 Å². The summed E-state index contributed by atoms with van der Waals surface area (Å²) in [5.74, 6) is -1.12. The van der Waals surface area contributed by atoms with Crippen LogP contribution in [0.4, 0.5) is 5.69 Å². The minimum atomic E-state index is -0.969. The number of carbonyl (C=O) groups excluding carboxylic acids is 3. The number of carbonyl (C=O) groups is 3. The van der Waals surface area contributed by atoms with Gasteiger partial charge in [-0.1, -0.05) is 61.7 Å². The zero-order valence-electron chi connectivity index (χ0n) is 21.8. The maximum Gasteiger partial charge on any atom is 0.329 e. The average Bonchev–Trinajstić information content (AvgIpc) is 2.97. The fourth-order valence-corrected chi connectivity index (χ4v) is 4.31. The van der Waals surface area contributed by atoms with E-state index in [9.17, 15) is 14.4 Å². The number of nitrogens with one attached hydrogen (secondary N) is 3. The van der Waals surface area contributed by atoms with Crippen LogP contribution in [-0.4, -0.2) is 37.1 Å². The highest BCUT2D eigenvalue weighted by molar-refractivity contribution is 6.40. The van der Waals surface area contributed by atoms with E-state index in [1.165, 1.54) is 19.7 Å². The molecule has 202 valence electrons. The molecule has 3 N–H and O–H groups in total. The first kappa shape index (κ1) is 27.4. The van der Waals surface area contributed by atoms with Crippen molar-refractivity contribution >= 4 is 29.6 Å². The standard InChI is InChI=1S/C30H32N4O5/c1-38-27-18-22(16-17-26(27)39-20-21-10-4-2-5-11-21)19-31-34-30(37)29(36)33-25-15-9-8-14-24(25)28(35)32-23-12-6-3-7-13-23/h2,4-5,8-11,14-19,23H,3,6-7,12-13,20H2,1H3,(H,32,35)(H,33,36)(H,34,37)/b31-19-. The molecule has 39 heavy (non-hydrogen) atoms. The van der Waals surface area contributed by atoms with Crippen molar-refractivity contribution in [1.82, 2.24) is 10.7 Å². The third-order valence-corrected chi connectivity index (χ3v) is 6.37. The number of benzene rings is 3. The highest BCUT2D eigenvalue weighted by Gasteiger charge is 2.21. The van der Waals surface area contributed by atoms with Crippen molar-refractivity contribution in [1.29, 1.82) is 0 Å². The van der Waals surface area contributed by atoms with Gasteiger partial charge in [0.1, 0.15) is 6.61 Å². The van der Waals surface area contributed by atoms with Gasteiger partial charge in [0, 0.05) is 6.04 Å². The van der Waals surface area contributed by atoms with Crippen LogP contribution in [0, 0.1) is 0 Å². The second-order valence-electron chi connectivity index (χ2n) is 9.19. The Hall–Kier alpha value is -4.66. The maximum absolute atomic E-state index is 12.8. The molecule has 9 nitrogen and oxygen atoms in total. The van der Waals surface area contributed by atoms with Crippen molar-refractivity contribution in [2.24, 2.45) is 5.10 Å². The van der Waals surface area contributed by atoms with Crippen LogP contribution in [0.5, 0.6) is 11.5 Å². The Morgan fingerprint density at radius 2 is 1.64 bits per heavy atom. The summed E-state index contributed by atoms with van der Waals surface area (Å²) < 4.78 is 11.3. The van der Waals surface area contributed by atoms with Crippen LogP contribution in [-0.2, 0) is 16.2 Å². The van der Waals surface area contributed by atoms with Gasteiger partial charge >= 0.3 is 11.8 Å². The predicted molar refractivity (Wildman–Crippen MR) is 149 cm³/mol. The van der Waals surface area contributed by atoms with Crippen LogP contribution in [0.1, 0.15) is 53.6 Å². The Labute approximate surface area is 227 Å². The first-order valence-electron chi connectivity index (χ1n) is 12.9. The van der Waals surface area contributed by atoms with E-state index in [1.807, 2.05) is 30.3 Å². The number of ether oxygens (including phenoxy) is 2. The molecule has 0 bridgehead atoms. The number of hydrogen-bond donors (Lipinski definition) is 3. The first-order valence-corrected chi connectivity index (χ1v) is 12.9. The molecule has 1 fully saturated rings. The van der Waals surface area contributed by atoms with Crippen LogP contribution in [0.3, 0.4) is 0 Å². The molecule has 1 saturated carbocycles. The maximum atomic E-state index is 12.8. The van der Waals surface area contributed by atoms with Crippen molar-refractivity contribution in [3.8, 4) is 11.5 Å². The number of methoxy groups -OCH3 is 1. The smallest absolute Gasteiger partial charge is 0.329 e. The third-order valence-electron chi connectivity index (χ3n) is 6.37. The summed E-state index contributed by atoms with van der Waals surface area (Å²) in [4.78, 5) is 37.6. The second-order valence-corrected chi connectivity index (χ2v) is 9.19. The molecule has 3 aromatic carbocycles. The van der Waals surface area contributed by atoms with Crippen LogP contribution >= 0.6 is 0 Å². The summed E-state index contributed by atoms with van der Waals surface area (Å²) in [6.07, 6.45) is 6.62. The van der Waals surface area contributed by atoms with Gasteiger partial charge in [-0.05, 0) is 54.3 Å². The van der Waals surface area contributed by atoms with Gasteiger partial charge in [-0.15, -0.1) is 0 Å². The molecular weight excluding hydrogens is 496 g/mol. The number of amides is 3. The number of hydrazone groups is 1. The van der Waals surface area contributed by atoms with Gasteiger partial charge in [-0.2, -0.15) is 5.10 Å². The van der Waals surface area contributed by atoms with Crippen molar-refractivity contribution in [2.75, 3.05) is 12.4 Å². The van der Waals surface area contributed by atoms with Crippen LogP contribution in [0.15, 0.2) is 77.9 Å². The summed E-state index contributed by atoms with van der Waals surface area (Å²) >= 11 is 0. The van der Waals surface area contributed by atoms with Gasteiger partial charge in [-0.3, -0.25) is 14.4 Å². The Balaban J connectivity index is 1.31. The van der Waals surface area contributed by atoms with E-state index in [-0.39, 0.29) is 17.6 Å². The SMILES string of the molecule is COc1cc(/C=N\NC(=O)C(=O)Nc2ccccc2C(=O)NC2CCCCC2)ccc1OCc1ccccc1. The van der Waals surface area contributed by atoms with Gasteiger partial charge in [-0.25, -0.2) is 5.43 Å². The summed E-state index contributed by atoms with van der Waals surface area (Å²) in [6, 6.07) is 21.7. The van der Waals surface area contributed by atoms with E-state index in [1.54, 1.807) is 42.5 Å². The quantitative estimate of drug-likeness (QED) is 0.216. The largest absolute Gasteiger partial charge is 0.493 e. The van der Waals surface area contributed by atoms with Gasteiger partial charge < -0.3 is 20.1 Å². The van der Waals surface area contributed by atoms with Crippen molar-refractivity contribution in [3.63, 3.8) is 0 Å². The summed E-state index contributed by atoms with van der Waals surface area (Å²) in [7, 11) is 1.53.